The van der Waals surface area contributed by atoms with Crippen molar-refractivity contribution in [3.05, 3.63) is 35.1 Å². The van der Waals surface area contributed by atoms with Gasteiger partial charge in [-0.25, -0.2) is 4.39 Å². The standard InChI is InChI=1S/C15H22F4N2/c1-3-5-10(6-4-2)14(21-20)11-7-8-12(13(16)9-11)15(17,18)19/h7-10,14,21H,3-6,20H2,1-2H3. The van der Waals surface area contributed by atoms with E-state index in [1.54, 1.807) is 0 Å². The van der Waals surface area contributed by atoms with Gasteiger partial charge in [-0.2, -0.15) is 13.2 Å². The van der Waals surface area contributed by atoms with Crippen LogP contribution in [-0.2, 0) is 6.18 Å². The van der Waals surface area contributed by atoms with Crippen molar-refractivity contribution in [1.29, 1.82) is 0 Å². The van der Waals surface area contributed by atoms with Crippen LogP contribution in [-0.4, -0.2) is 0 Å². The summed E-state index contributed by atoms with van der Waals surface area (Å²) in [6.45, 7) is 4.06. The first-order valence-corrected chi connectivity index (χ1v) is 7.17. The van der Waals surface area contributed by atoms with E-state index in [9.17, 15) is 17.6 Å². The van der Waals surface area contributed by atoms with Gasteiger partial charge in [0.1, 0.15) is 5.82 Å². The van der Waals surface area contributed by atoms with Crippen LogP contribution in [0.1, 0.15) is 56.7 Å². The smallest absolute Gasteiger partial charge is 0.271 e. The molecule has 0 saturated heterocycles. The first-order chi connectivity index (χ1) is 9.85. The highest BCUT2D eigenvalue weighted by Gasteiger charge is 2.34. The third kappa shape index (κ3) is 4.68. The van der Waals surface area contributed by atoms with E-state index in [1.807, 2.05) is 13.8 Å². The van der Waals surface area contributed by atoms with Gasteiger partial charge in [0.15, 0.2) is 0 Å². The van der Waals surface area contributed by atoms with Crippen LogP contribution in [0, 0.1) is 11.7 Å². The zero-order valence-corrected chi connectivity index (χ0v) is 12.3. The second kappa shape index (κ2) is 7.75. The first-order valence-electron chi connectivity index (χ1n) is 7.17. The number of hydrogen-bond donors (Lipinski definition) is 2. The summed E-state index contributed by atoms with van der Waals surface area (Å²) in [7, 11) is 0. The third-order valence-electron chi connectivity index (χ3n) is 3.63. The van der Waals surface area contributed by atoms with Crippen LogP contribution in [0.3, 0.4) is 0 Å². The van der Waals surface area contributed by atoms with E-state index in [0.717, 1.165) is 37.8 Å². The summed E-state index contributed by atoms with van der Waals surface area (Å²) in [4.78, 5) is 0. The zero-order valence-electron chi connectivity index (χ0n) is 12.3. The lowest BCUT2D eigenvalue weighted by atomic mass is 9.86. The maximum Gasteiger partial charge on any atom is 0.419 e. The Bertz CT molecular complexity index is 440. The van der Waals surface area contributed by atoms with E-state index in [2.05, 4.69) is 5.43 Å². The number of alkyl halides is 3. The number of nitrogens with two attached hydrogens (primary N) is 1. The summed E-state index contributed by atoms with van der Waals surface area (Å²) in [6.07, 6.45) is -1.05. The Labute approximate surface area is 122 Å². The van der Waals surface area contributed by atoms with Crippen LogP contribution < -0.4 is 11.3 Å². The number of halogens is 4. The number of nitrogens with one attached hydrogen (secondary N) is 1. The van der Waals surface area contributed by atoms with E-state index in [0.29, 0.717) is 5.56 Å². The molecule has 6 heteroatoms. The Hall–Kier alpha value is -1.14. The van der Waals surface area contributed by atoms with Crippen LogP contribution >= 0.6 is 0 Å². The number of rotatable bonds is 7. The van der Waals surface area contributed by atoms with Crippen molar-refractivity contribution in [3.8, 4) is 0 Å². The molecule has 2 nitrogen and oxygen atoms in total. The maximum atomic E-state index is 13.7. The molecule has 1 atom stereocenters. The molecule has 0 heterocycles. The fourth-order valence-corrected chi connectivity index (χ4v) is 2.68. The second-order valence-corrected chi connectivity index (χ2v) is 5.22. The van der Waals surface area contributed by atoms with Gasteiger partial charge in [0.05, 0.1) is 5.56 Å². The molecule has 0 radical (unpaired) electrons. The van der Waals surface area contributed by atoms with Crippen molar-refractivity contribution in [1.82, 2.24) is 5.43 Å². The molecule has 0 aliphatic heterocycles. The predicted octanol–water partition coefficient (Wildman–Crippen LogP) is 4.57. The minimum absolute atomic E-state index is 0.168. The summed E-state index contributed by atoms with van der Waals surface area (Å²) in [5.74, 6) is 4.46. The minimum atomic E-state index is -4.68. The molecule has 21 heavy (non-hydrogen) atoms. The molecule has 1 aromatic rings. The number of benzene rings is 1. The van der Waals surface area contributed by atoms with E-state index in [4.69, 9.17) is 5.84 Å². The highest BCUT2D eigenvalue weighted by atomic mass is 19.4. The summed E-state index contributed by atoms with van der Waals surface area (Å²) in [5, 5.41) is 0. The van der Waals surface area contributed by atoms with Crippen LogP contribution in [0.2, 0.25) is 0 Å². The van der Waals surface area contributed by atoms with Gasteiger partial charge in [-0.3, -0.25) is 11.3 Å². The van der Waals surface area contributed by atoms with E-state index in [1.165, 1.54) is 6.07 Å². The first kappa shape index (κ1) is 17.9. The normalized spacial score (nSPS) is 13.7. The van der Waals surface area contributed by atoms with Crippen molar-refractivity contribution in [2.45, 2.75) is 51.7 Å². The van der Waals surface area contributed by atoms with Gasteiger partial charge in [-0.1, -0.05) is 32.8 Å². The Morgan fingerprint density at radius 2 is 1.71 bits per heavy atom. The molecule has 1 rings (SSSR count). The van der Waals surface area contributed by atoms with Crippen molar-refractivity contribution < 1.29 is 17.6 Å². The quantitative estimate of drug-likeness (QED) is 0.440. The van der Waals surface area contributed by atoms with E-state index >= 15 is 0 Å². The van der Waals surface area contributed by atoms with E-state index < -0.39 is 17.6 Å². The fourth-order valence-electron chi connectivity index (χ4n) is 2.68. The van der Waals surface area contributed by atoms with Crippen LogP contribution in [0.5, 0.6) is 0 Å². The van der Waals surface area contributed by atoms with Crippen LogP contribution in [0.25, 0.3) is 0 Å². The molecular formula is C15H22F4N2. The number of hydrogen-bond acceptors (Lipinski definition) is 2. The second-order valence-electron chi connectivity index (χ2n) is 5.22. The number of hydrazine groups is 1. The predicted molar refractivity (Wildman–Crippen MR) is 74.8 cm³/mol. The monoisotopic (exact) mass is 306 g/mol. The molecule has 1 unspecified atom stereocenters. The molecule has 0 spiro atoms. The molecule has 0 aromatic heterocycles. The molecule has 0 fully saturated rings. The van der Waals surface area contributed by atoms with Crippen LogP contribution in [0.15, 0.2) is 18.2 Å². The lowest BCUT2D eigenvalue weighted by Crippen LogP contribution is -2.33. The fraction of sp³-hybridized carbons (Fsp3) is 0.600. The largest absolute Gasteiger partial charge is 0.419 e. The molecule has 0 amide bonds. The van der Waals surface area contributed by atoms with Gasteiger partial charge in [0.25, 0.3) is 0 Å². The van der Waals surface area contributed by atoms with Gasteiger partial charge in [0, 0.05) is 6.04 Å². The average molecular weight is 306 g/mol. The van der Waals surface area contributed by atoms with Gasteiger partial charge in [-0.15, -0.1) is 0 Å². The molecule has 0 aliphatic carbocycles. The molecule has 120 valence electrons. The minimum Gasteiger partial charge on any atom is -0.271 e. The Morgan fingerprint density at radius 1 is 1.14 bits per heavy atom. The lowest BCUT2D eigenvalue weighted by Gasteiger charge is -2.27. The van der Waals surface area contributed by atoms with Gasteiger partial charge in [-0.05, 0) is 36.5 Å². The third-order valence-corrected chi connectivity index (χ3v) is 3.63. The molecule has 3 N–H and O–H groups in total. The van der Waals surface area contributed by atoms with E-state index in [-0.39, 0.29) is 12.0 Å². The maximum absolute atomic E-state index is 13.7. The summed E-state index contributed by atoms with van der Waals surface area (Å²) < 4.78 is 51.4. The van der Waals surface area contributed by atoms with Crippen molar-refractivity contribution in [3.63, 3.8) is 0 Å². The summed E-state index contributed by atoms with van der Waals surface area (Å²) in [6, 6.07) is 2.67. The highest BCUT2D eigenvalue weighted by molar-refractivity contribution is 5.29. The summed E-state index contributed by atoms with van der Waals surface area (Å²) >= 11 is 0. The van der Waals surface area contributed by atoms with Crippen LogP contribution in [0.4, 0.5) is 17.6 Å². The van der Waals surface area contributed by atoms with Gasteiger partial charge >= 0.3 is 6.18 Å². The molecule has 0 aliphatic rings. The molecule has 1 aromatic carbocycles. The van der Waals surface area contributed by atoms with Crippen molar-refractivity contribution in [2.75, 3.05) is 0 Å². The molecule has 0 bridgehead atoms. The van der Waals surface area contributed by atoms with Gasteiger partial charge < -0.3 is 0 Å². The summed E-state index contributed by atoms with van der Waals surface area (Å²) in [5.41, 5.74) is 1.83. The SMILES string of the molecule is CCCC(CCC)C(NN)c1ccc(C(F)(F)F)c(F)c1. The Morgan fingerprint density at radius 3 is 2.10 bits per heavy atom. The molecule has 0 saturated carbocycles. The topological polar surface area (TPSA) is 38.0 Å². The Kier molecular flexibility index (Phi) is 6.61. The van der Waals surface area contributed by atoms with Crippen molar-refractivity contribution >= 4 is 0 Å². The average Bonchev–Trinajstić information content (AvgIpc) is 2.38. The van der Waals surface area contributed by atoms with Crippen molar-refractivity contribution in [2.24, 2.45) is 11.8 Å². The lowest BCUT2D eigenvalue weighted by molar-refractivity contribution is -0.140. The zero-order chi connectivity index (χ0) is 16.0. The Balaban J connectivity index is 3.08. The molecular weight excluding hydrogens is 284 g/mol. The highest BCUT2D eigenvalue weighted by Crippen LogP contribution is 2.34. The van der Waals surface area contributed by atoms with Gasteiger partial charge in [0.2, 0.25) is 0 Å².